The van der Waals surface area contributed by atoms with Crippen LogP contribution in [0.25, 0.3) is 0 Å². The molecule has 3 rings (SSSR count). The zero-order valence-corrected chi connectivity index (χ0v) is 12.9. The van der Waals surface area contributed by atoms with Gasteiger partial charge in [0, 0.05) is 31.0 Å². The fraction of sp³-hybridized carbons (Fsp3) is 0.400. The van der Waals surface area contributed by atoms with Gasteiger partial charge in [0.05, 0.1) is 11.8 Å². The first-order valence-electron chi connectivity index (χ1n) is 7.17. The third-order valence-electron chi connectivity index (χ3n) is 3.78. The Balaban J connectivity index is 1.87. The molecule has 0 bridgehead atoms. The van der Waals surface area contributed by atoms with Crippen molar-refractivity contribution in [1.82, 2.24) is 14.8 Å². The Morgan fingerprint density at radius 2 is 2.24 bits per heavy atom. The van der Waals surface area contributed by atoms with Crippen molar-refractivity contribution < 1.29 is 0 Å². The number of aromatic nitrogens is 3. The maximum Gasteiger partial charge on any atom is 0.136 e. The number of anilines is 1. The van der Waals surface area contributed by atoms with E-state index in [-0.39, 0.29) is 0 Å². The van der Waals surface area contributed by atoms with Crippen molar-refractivity contribution in [3.63, 3.8) is 0 Å². The van der Waals surface area contributed by atoms with Crippen LogP contribution in [-0.4, -0.2) is 19.8 Å². The molecule has 0 atom stereocenters. The predicted octanol–water partition coefficient (Wildman–Crippen LogP) is 1.94. The smallest absolute Gasteiger partial charge is 0.136 e. The molecule has 3 N–H and O–H groups in total. The molecule has 0 amide bonds. The summed E-state index contributed by atoms with van der Waals surface area (Å²) in [6.45, 7) is 0.662. The normalized spacial score (nSPS) is 13.8. The largest absolute Gasteiger partial charge is 0.389 e. The fourth-order valence-electron chi connectivity index (χ4n) is 2.71. The van der Waals surface area contributed by atoms with Gasteiger partial charge in [-0.1, -0.05) is 12.2 Å². The fourth-order valence-corrected chi connectivity index (χ4v) is 2.86. The van der Waals surface area contributed by atoms with E-state index in [1.54, 1.807) is 4.68 Å². The van der Waals surface area contributed by atoms with Crippen LogP contribution in [0.5, 0.6) is 0 Å². The number of aryl methyl sites for hydroxylation is 3. The third kappa shape index (κ3) is 3.05. The summed E-state index contributed by atoms with van der Waals surface area (Å²) in [5, 5.41) is 7.50. The van der Waals surface area contributed by atoms with E-state index in [0.717, 1.165) is 29.8 Å². The molecule has 0 spiro atoms. The van der Waals surface area contributed by atoms with E-state index in [4.69, 9.17) is 22.9 Å². The van der Waals surface area contributed by atoms with Gasteiger partial charge in [-0.25, -0.2) is 4.98 Å². The molecule has 1 aliphatic rings. The number of pyridine rings is 1. The third-order valence-corrected chi connectivity index (χ3v) is 4.00. The number of rotatable bonds is 4. The molecule has 2 aromatic rings. The summed E-state index contributed by atoms with van der Waals surface area (Å²) in [6, 6.07) is 2.11. The molecule has 0 unspecified atom stereocenters. The van der Waals surface area contributed by atoms with E-state index in [0.29, 0.717) is 11.5 Å². The molecule has 0 saturated carbocycles. The summed E-state index contributed by atoms with van der Waals surface area (Å²) in [4.78, 5) is 5.14. The molecule has 110 valence electrons. The standard InChI is InChI=1S/C15H19N5S/c1-20-9-10(8-18-20)7-17-15-12(14(16)21)6-11-4-2-3-5-13(11)19-15/h6,8-9H,2-5,7H2,1H3,(H2,16,21)(H,17,19). The van der Waals surface area contributed by atoms with Gasteiger partial charge in [0.1, 0.15) is 10.8 Å². The zero-order valence-electron chi connectivity index (χ0n) is 12.1. The van der Waals surface area contributed by atoms with Gasteiger partial charge in [-0.15, -0.1) is 0 Å². The van der Waals surface area contributed by atoms with Gasteiger partial charge in [-0.05, 0) is 37.3 Å². The Morgan fingerprint density at radius 3 is 2.95 bits per heavy atom. The minimum absolute atomic E-state index is 0.393. The van der Waals surface area contributed by atoms with E-state index in [9.17, 15) is 0 Å². The van der Waals surface area contributed by atoms with Crippen LogP contribution in [0.15, 0.2) is 18.5 Å². The minimum atomic E-state index is 0.393. The molecular formula is C15H19N5S. The SMILES string of the molecule is Cn1cc(CNc2nc3c(cc2C(N)=S)CCCC3)cn1. The zero-order chi connectivity index (χ0) is 14.8. The molecule has 0 aromatic carbocycles. The minimum Gasteiger partial charge on any atom is -0.389 e. The van der Waals surface area contributed by atoms with Crippen LogP contribution in [0.1, 0.15) is 35.2 Å². The molecule has 0 fully saturated rings. The predicted molar refractivity (Wildman–Crippen MR) is 87.3 cm³/mol. The lowest BCUT2D eigenvalue weighted by molar-refractivity contribution is 0.668. The topological polar surface area (TPSA) is 68.8 Å². The number of hydrogen-bond acceptors (Lipinski definition) is 4. The van der Waals surface area contributed by atoms with Crippen LogP contribution in [0.3, 0.4) is 0 Å². The lowest BCUT2D eigenvalue weighted by atomic mass is 9.94. The van der Waals surface area contributed by atoms with E-state index in [1.807, 2.05) is 19.4 Å². The summed E-state index contributed by atoms with van der Waals surface area (Å²) in [5.74, 6) is 0.784. The average Bonchev–Trinajstić information content (AvgIpc) is 2.89. The molecular weight excluding hydrogens is 282 g/mol. The van der Waals surface area contributed by atoms with Crippen molar-refractivity contribution in [3.05, 3.63) is 40.8 Å². The Labute approximate surface area is 129 Å². The molecule has 5 nitrogen and oxygen atoms in total. The number of nitrogens with zero attached hydrogens (tertiary/aromatic N) is 3. The molecule has 0 aliphatic heterocycles. The van der Waals surface area contributed by atoms with Crippen molar-refractivity contribution >= 4 is 23.0 Å². The molecule has 1 aliphatic carbocycles. The number of nitrogens with one attached hydrogen (secondary N) is 1. The number of fused-ring (bicyclic) bond motifs is 1. The molecule has 0 saturated heterocycles. The number of nitrogens with two attached hydrogens (primary N) is 1. The first kappa shape index (κ1) is 14.0. The van der Waals surface area contributed by atoms with Crippen molar-refractivity contribution in [1.29, 1.82) is 0 Å². The Hall–Kier alpha value is -1.95. The molecule has 21 heavy (non-hydrogen) atoms. The molecule has 2 aromatic heterocycles. The maximum absolute atomic E-state index is 5.86. The van der Waals surface area contributed by atoms with Gasteiger partial charge >= 0.3 is 0 Å². The molecule has 2 heterocycles. The van der Waals surface area contributed by atoms with Crippen LogP contribution in [-0.2, 0) is 26.4 Å². The second-order valence-corrected chi connectivity index (χ2v) is 5.88. The molecule has 0 radical (unpaired) electrons. The maximum atomic E-state index is 5.86. The monoisotopic (exact) mass is 301 g/mol. The van der Waals surface area contributed by atoms with Crippen LogP contribution < -0.4 is 11.1 Å². The highest BCUT2D eigenvalue weighted by atomic mass is 32.1. The number of hydrogen-bond donors (Lipinski definition) is 2. The first-order valence-corrected chi connectivity index (χ1v) is 7.58. The highest BCUT2D eigenvalue weighted by Gasteiger charge is 2.16. The van der Waals surface area contributed by atoms with E-state index >= 15 is 0 Å². The van der Waals surface area contributed by atoms with Gasteiger partial charge < -0.3 is 11.1 Å². The van der Waals surface area contributed by atoms with E-state index in [1.165, 1.54) is 24.1 Å². The number of thiocarbonyl (C=S) groups is 1. The summed E-state index contributed by atoms with van der Waals surface area (Å²) in [5.41, 5.74) is 10.3. The van der Waals surface area contributed by atoms with Crippen LogP contribution in [0, 0.1) is 0 Å². The summed E-state index contributed by atoms with van der Waals surface area (Å²) in [7, 11) is 1.90. The average molecular weight is 301 g/mol. The lowest BCUT2D eigenvalue weighted by Gasteiger charge is -2.19. The van der Waals surface area contributed by atoms with Gasteiger partial charge in [-0.3, -0.25) is 4.68 Å². The highest BCUT2D eigenvalue weighted by Crippen LogP contribution is 2.25. The Kier molecular flexibility index (Phi) is 3.88. The Morgan fingerprint density at radius 1 is 1.43 bits per heavy atom. The van der Waals surface area contributed by atoms with E-state index < -0.39 is 0 Å². The highest BCUT2D eigenvalue weighted by molar-refractivity contribution is 7.80. The van der Waals surface area contributed by atoms with Crippen LogP contribution in [0.2, 0.25) is 0 Å². The van der Waals surface area contributed by atoms with Crippen molar-refractivity contribution in [3.8, 4) is 0 Å². The van der Waals surface area contributed by atoms with Crippen molar-refractivity contribution in [2.24, 2.45) is 12.8 Å². The summed E-state index contributed by atoms with van der Waals surface area (Å²) < 4.78 is 1.78. The van der Waals surface area contributed by atoms with Gasteiger partial charge in [0.2, 0.25) is 0 Å². The summed E-state index contributed by atoms with van der Waals surface area (Å²) >= 11 is 5.17. The lowest BCUT2D eigenvalue weighted by Crippen LogP contribution is -2.18. The second-order valence-electron chi connectivity index (χ2n) is 5.44. The van der Waals surface area contributed by atoms with Crippen LogP contribution in [0.4, 0.5) is 5.82 Å². The second kappa shape index (κ2) is 5.81. The quantitative estimate of drug-likeness (QED) is 0.845. The first-order chi connectivity index (χ1) is 10.1. The Bertz CT molecular complexity index is 677. The summed E-state index contributed by atoms with van der Waals surface area (Å²) in [6.07, 6.45) is 8.34. The van der Waals surface area contributed by atoms with E-state index in [2.05, 4.69) is 16.5 Å². The molecule has 6 heteroatoms. The van der Waals surface area contributed by atoms with Crippen LogP contribution >= 0.6 is 12.2 Å². The van der Waals surface area contributed by atoms with Gasteiger partial charge in [0.25, 0.3) is 0 Å². The van der Waals surface area contributed by atoms with Gasteiger partial charge in [0.15, 0.2) is 0 Å². The van der Waals surface area contributed by atoms with Crippen molar-refractivity contribution in [2.75, 3.05) is 5.32 Å². The van der Waals surface area contributed by atoms with Gasteiger partial charge in [-0.2, -0.15) is 5.10 Å². The van der Waals surface area contributed by atoms with Crippen molar-refractivity contribution in [2.45, 2.75) is 32.2 Å².